The highest BCUT2D eigenvalue weighted by Crippen LogP contribution is 2.26. The van der Waals surface area contributed by atoms with Crippen LogP contribution in [0.2, 0.25) is 10.0 Å². The van der Waals surface area contributed by atoms with Gasteiger partial charge in [-0.25, -0.2) is 0 Å². The monoisotopic (exact) mass is 302 g/mol. The lowest BCUT2D eigenvalue weighted by molar-refractivity contribution is 0.356. The Hall–Kier alpha value is -0.280. The van der Waals surface area contributed by atoms with Gasteiger partial charge in [0.15, 0.2) is 0 Å². The van der Waals surface area contributed by atoms with Crippen LogP contribution in [0.4, 0.5) is 0 Å². The van der Waals surface area contributed by atoms with Crippen molar-refractivity contribution in [2.75, 3.05) is 27.2 Å². The Balaban J connectivity index is 2.66. The van der Waals surface area contributed by atoms with Gasteiger partial charge in [-0.1, -0.05) is 42.3 Å². The molecule has 0 fully saturated rings. The first-order valence-electron chi connectivity index (χ1n) is 6.85. The Kier molecular flexibility index (Phi) is 7.77. The van der Waals surface area contributed by atoms with Crippen LogP contribution in [0.5, 0.6) is 0 Å². The Morgan fingerprint density at radius 2 is 2.00 bits per heavy atom. The smallest absolute Gasteiger partial charge is 0.0624 e. The van der Waals surface area contributed by atoms with E-state index in [2.05, 4.69) is 37.3 Å². The normalized spacial score (nSPS) is 12.9. The van der Waals surface area contributed by atoms with Crippen LogP contribution < -0.4 is 5.32 Å². The molecule has 1 atom stereocenters. The van der Waals surface area contributed by atoms with Gasteiger partial charge in [0.1, 0.15) is 0 Å². The van der Waals surface area contributed by atoms with Crippen LogP contribution in [0, 0.1) is 0 Å². The lowest BCUT2D eigenvalue weighted by atomic mass is 10.0. The van der Waals surface area contributed by atoms with Crippen LogP contribution in [0.25, 0.3) is 0 Å². The highest BCUT2D eigenvalue weighted by atomic mass is 35.5. The average molecular weight is 303 g/mol. The maximum absolute atomic E-state index is 6.26. The van der Waals surface area contributed by atoms with E-state index in [9.17, 15) is 0 Å². The van der Waals surface area contributed by atoms with Crippen molar-refractivity contribution in [3.05, 3.63) is 33.8 Å². The molecule has 0 aliphatic rings. The van der Waals surface area contributed by atoms with Gasteiger partial charge in [0.05, 0.1) is 10.0 Å². The SMILES string of the molecule is CCCNC(CCN(C)C)Cc1cccc(Cl)c1Cl. The number of nitrogens with zero attached hydrogens (tertiary/aromatic N) is 1. The number of hydrogen-bond donors (Lipinski definition) is 1. The zero-order valence-corrected chi connectivity index (χ0v) is 13.6. The van der Waals surface area contributed by atoms with Crippen molar-refractivity contribution in [3.63, 3.8) is 0 Å². The van der Waals surface area contributed by atoms with Gasteiger partial charge in [0.25, 0.3) is 0 Å². The third-order valence-electron chi connectivity index (χ3n) is 3.11. The molecule has 0 amide bonds. The van der Waals surface area contributed by atoms with Crippen molar-refractivity contribution in [3.8, 4) is 0 Å². The topological polar surface area (TPSA) is 15.3 Å². The van der Waals surface area contributed by atoms with Gasteiger partial charge in [0, 0.05) is 6.04 Å². The van der Waals surface area contributed by atoms with Crippen molar-refractivity contribution in [1.29, 1.82) is 0 Å². The predicted molar refractivity (Wildman–Crippen MR) is 85.4 cm³/mol. The Morgan fingerprint density at radius 3 is 2.63 bits per heavy atom. The van der Waals surface area contributed by atoms with Gasteiger partial charge in [-0.2, -0.15) is 0 Å². The molecule has 1 aromatic carbocycles. The van der Waals surface area contributed by atoms with E-state index < -0.39 is 0 Å². The van der Waals surface area contributed by atoms with Crippen molar-refractivity contribution in [2.24, 2.45) is 0 Å². The molecule has 1 aromatic rings. The van der Waals surface area contributed by atoms with Crippen molar-refractivity contribution < 1.29 is 0 Å². The molecule has 4 heteroatoms. The number of halogens is 2. The van der Waals surface area contributed by atoms with E-state index in [1.165, 1.54) is 0 Å². The third-order valence-corrected chi connectivity index (χ3v) is 3.96. The predicted octanol–water partition coefficient (Wildman–Crippen LogP) is 3.86. The first-order chi connectivity index (χ1) is 9.04. The maximum Gasteiger partial charge on any atom is 0.0624 e. The van der Waals surface area contributed by atoms with Crippen LogP contribution in [0.15, 0.2) is 18.2 Å². The molecule has 0 bridgehead atoms. The summed E-state index contributed by atoms with van der Waals surface area (Å²) in [4.78, 5) is 2.21. The second-order valence-electron chi connectivity index (χ2n) is 5.16. The zero-order valence-electron chi connectivity index (χ0n) is 12.0. The van der Waals surface area contributed by atoms with Gasteiger partial charge in [0.2, 0.25) is 0 Å². The molecule has 0 aromatic heterocycles. The summed E-state index contributed by atoms with van der Waals surface area (Å²) in [7, 11) is 4.20. The lowest BCUT2D eigenvalue weighted by Gasteiger charge is -2.21. The van der Waals surface area contributed by atoms with E-state index in [-0.39, 0.29) is 0 Å². The molecule has 2 nitrogen and oxygen atoms in total. The van der Waals surface area contributed by atoms with Gasteiger partial charge in [-0.3, -0.25) is 0 Å². The standard InChI is InChI=1S/C15H24Cl2N2/c1-4-9-18-13(8-10-19(2)3)11-12-6-5-7-14(16)15(12)17/h5-7,13,18H,4,8-11H2,1-3H3. The second kappa shape index (κ2) is 8.80. The lowest BCUT2D eigenvalue weighted by Crippen LogP contribution is -2.34. The highest BCUT2D eigenvalue weighted by Gasteiger charge is 2.12. The van der Waals surface area contributed by atoms with Crippen molar-refractivity contribution >= 4 is 23.2 Å². The fourth-order valence-corrected chi connectivity index (χ4v) is 2.41. The Bertz CT molecular complexity index is 380. The minimum atomic E-state index is 0.443. The number of nitrogens with one attached hydrogen (secondary N) is 1. The van der Waals surface area contributed by atoms with E-state index in [0.717, 1.165) is 37.9 Å². The molecule has 0 radical (unpaired) electrons. The summed E-state index contributed by atoms with van der Waals surface area (Å²) in [5, 5.41) is 4.92. The molecule has 0 saturated carbocycles. The van der Waals surface area contributed by atoms with Crippen molar-refractivity contribution in [2.45, 2.75) is 32.2 Å². The molecule has 1 unspecified atom stereocenters. The summed E-state index contributed by atoms with van der Waals surface area (Å²) in [6.07, 6.45) is 3.17. The molecule has 0 spiro atoms. The molecule has 1 N–H and O–H groups in total. The Morgan fingerprint density at radius 1 is 1.26 bits per heavy atom. The molecule has 19 heavy (non-hydrogen) atoms. The average Bonchev–Trinajstić information content (AvgIpc) is 2.37. The molecular formula is C15H24Cl2N2. The molecule has 108 valence electrons. The van der Waals surface area contributed by atoms with E-state index in [4.69, 9.17) is 23.2 Å². The summed E-state index contributed by atoms with van der Waals surface area (Å²) in [6, 6.07) is 6.30. The summed E-state index contributed by atoms with van der Waals surface area (Å²) < 4.78 is 0. The molecular weight excluding hydrogens is 279 g/mol. The minimum absolute atomic E-state index is 0.443. The largest absolute Gasteiger partial charge is 0.314 e. The second-order valence-corrected chi connectivity index (χ2v) is 5.95. The quantitative estimate of drug-likeness (QED) is 0.784. The molecule has 0 aliphatic heterocycles. The first-order valence-corrected chi connectivity index (χ1v) is 7.61. The summed E-state index contributed by atoms with van der Waals surface area (Å²) in [6.45, 7) is 4.29. The Labute approximate surface area is 127 Å². The highest BCUT2D eigenvalue weighted by molar-refractivity contribution is 6.42. The molecule has 0 aliphatic carbocycles. The molecule has 1 rings (SSSR count). The van der Waals surface area contributed by atoms with E-state index >= 15 is 0 Å². The summed E-state index contributed by atoms with van der Waals surface area (Å²) >= 11 is 12.3. The van der Waals surface area contributed by atoms with Gasteiger partial charge in [-0.15, -0.1) is 0 Å². The van der Waals surface area contributed by atoms with Gasteiger partial charge in [-0.05, 0) is 58.1 Å². The van der Waals surface area contributed by atoms with E-state index in [1.54, 1.807) is 0 Å². The van der Waals surface area contributed by atoms with E-state index in [0.29, 0.717) is 16.1 Å². The number of rotatable bonds is 8. The zero-order chi connectivity index (χ0) is 14.3. The van der Waals surface area contributed by atoms with Gasteiger partial charge < -0.3 is 10.2 Å². The maximum atomic E-state index is 6.26. The van der Waals surface area contributed by atoms with Gasteiger partial charge >= 0.3 is 0 Å². The van der Waals surface area contributed by atoms with Crippen LogP contribution in [0.1, 0.15) is 25.3 Å². The number of benzene rings is 1. The summed E-state index contributed by atoms with van der Waals surface area (Å²) in [5.41, 5.74) is 1.13. The van der Waals surface area contributed by atoms with Crippen LogP contribution in [0.3, 0.4) is 0 Å². The van der Waals surface area contributed by atoms with Crippen molar-refractivity contribution in [1.82, 2.24) is 10.2 Å². The molecule has 0 heterocycles. The number of hydrogen-bond acceptors (Lipinski definition) is 2. The van der Waals surface area contributed by atoms with Crippen LogP contribution >= 0.6 is 23.2 Å². The van der Waals surface area contributed by atoms with Crippen LogP contribution in [-0.2, 0) is 6.42 Å². The fourth-order valence-electron chi connectivity index (χ4n) is 2.01. The first kappa shape index (κ1) is 16.8. The third kappa shape index (κ3) is 6.13. The van der Waals surface area contributed by atoms with Crippen LogP contribution in [-0.4, -0.2) is 38.1 Å². The fraction of sp³-hybridized carbons (Fsp3) is 0.600. The summed E-state index contributed by atoms with van der Waals surface area (Å²) in [5.74, 6) is 0. The minimum Gasteiger partial charge on any atom is -0.314 e. The molecule has 0 saturated heterocycles. The van der Waals surface area contributed by atoms with E-state index in [1.807, 2.05) is 12.1 Å².